The van der Waals surface area contributed by atoms with Crippen LogP contribution in [0.4, 0.5) is 4.79 Å². The van der Waals surface area contributed by atoms with Crippen LogP contribution in [-0.4, -0.2) is 59.6 Å². The highest BCUT2D eigenvalue weighted by molar-refractivity contribution is 5.77. The number of carboxylic acid groups (broad SMARTS) is 1. The quantitative estimate of drug-likeness (QED) is 0.804. The number of nitrogens with one attached hydrogen (secondary N) is 1. The second kappa shape index (κ2) is 8.74. The molecule has 1 aromatic rings. The van der Waals surface area contributed by atoms with E-state index in [1.165, 1.54) is 5.56 Å². The lowest BCUT2D eigenvalue weighted by Crippen LogP contribution is -2.48. The highest BCUT2D eigenvalue weighted by Gasteiger charge is 2.35. The van der Waals surface area contributed by atoms with E-state index in [9.17, 15) is 9.59 Å². The van der Waals surface area contributed by atoms with Gasteiger partial charge >= 0.3 is 12.0 Å². The van der Waals surface area contributed by atoms with E-state index < -0.39 is 11.9 Å². The summed E-state index contributed by atoms with van der Waals surface area (Å²) in [6.45, 7) is 6.81. The molecule has 0 radical (unpaired) electrons. The predicted molar refractivity (Wildman–Crippen MR) is 104 cm³/mol. The van der Waals surface area contributed by atoms with Crippen molar-refractivity contribution in [3.8, 4) is 0 Å². The van der Waals surface area contributed by atoms with Crippen molar-refractivity contribution in [2.24, 2.45) is 11.3 Å². The molecule has 2 N–H and O–H groups in total. The van der Waals surface area contributed by atoms with Gasteiger partial charge in [-0.1, -0.05) is 37.3 Å². The van der Waals surface area contributed by atoms with Gasteiger partial charge in [0.2, 0.25) is 0 Å². The summed E-state index contributed by atoms with van der Waals surface area (Å²) in [6, 6.07) is 10.4. The molecule has 1 atom stereocenters. The fourth-order valence-corrected chi connectivity index (χ4v) is 4.20. The molecule has 2 aliphatic rings. The van der Waals surface area contributed by atoms with Gasteiger partial charge in [-0.25, -0.2) is 4.79 Å². The van der Waals surface area contributed by atoms with E-state index in [0.29, 0.717) is 26.1 Å². The molecular formula is C21H31N3O3. The fourth-order valence-electron chi connectivity index (χ4n) is 4.20. The number of hydrogen-bond acceptors (Lipinski definition) is 3. The number of piperidine rings is 1. The van der Waals surface area contributed by atoms with Crippen molar-refractivity contribution < 1.29 is 14.7 Å². The molecular weight excluding hydrogens is 342 g/mol. The zero-order chi connectivity index (χ0) is 19.3. The van der Waals surface area contributed by atoms with E-state index in [1.807, 2.05) is 6.07 Å². The Morgan fingerprint density at radius 1 is 1.19 bits per heavy atom. The first-order valence-electron chi connectivity index (χ1n) is 10.0. The average molecular weight is 373 g/mol. The summed E-state index contributed by atoms with van der Waals surface area (Å²) in [7, 11) is 0. The minimum absolute atomic E-state index is 0.113. The van der Waals surface area contributed by atoms with Gasteiger partial charge in [-0.05, 0) is 49.8 Å². The summed E-state index contributed by atoms with van der Waals surface area (Å²) in [5, 5.41) is 12.2. The first kappa shape index (κ1) is 19.7. The van der Waals surface area contributed by atoms with Crippen molar-refractivity contribution in [2.75, 3.05) is 32.7 Å². The van der Waals surface area contributed by atoms with Gasteiger partial charge in [0, 0.05) is 26.2 Å². The standard InChI is InChI=1S/C21H31N3O3/c1-2-21(16-22-20(27)24-11-8-18(15-24)19(25)26)9-12-23(13-10-21)14-17-6-4-3-5-7-17/h3-7,18H,2,8-16H2,1H3,(H,22,27)(H,25,26). The lowest BCUT2D eigenvalue weighted by molar-refractivity contribution is -0.141. The van der Waals surface area contributed by atoms with E-state index in [-0.39, 0.29) is 11.4 Å². The number of hydrogen-bond donors (Lipinski definition) is 2. The van der Waals surface area contributed by atoms with E-state index >= 15 is 0 Å². The lowest BCUT2D eigenvalue weighted by Gasteiger charge is -2.41. The molecule has 1 aromatic carbocycles. The molecule has 2 saturated heterocycles. The van der Waals surface area contributed by atoms with E-state index in [1.54, 1.807) is 4.90 Å². The molecule has 6 heteroatoms. The number of rotatable bonds is 6. The molecule has 0 saturated carbocycles. The highest BCUT2D eigenvalue weighted by atomic mass is 16.4. The molecule has 148 valence electrons. The van der Waals surface area contributed by atoms with Gasteiger partial charge in [-0.15, -0.1) is 0 Å². The Labute approximate surface area is 161 Å². The van der Waals surface area contributed by atoms with Crippen molar-refractivity contribution in [3.63, 3.8) is 0 Å². The first-order chi connectivity index (χ1) is 13.0. The minimum Gasteiger partial charge on any atom is -0.481 e. The van der Waals surface area contributed by atoms with Crippen molar-refractivity contribution in [3.05, 3.63) is 35.9 Å². The van der Waals surface area contributed by atoms with Crippen molar-refractivity contribution >= 4 is 12.0 Å². The number of urea groups is 1. The Bertz CT molecular complexity index is 641. The summed E-state index contributed by atoms with van der Waals surface area (Å²) >= 11 is 0. The molecule has 2 amide bonds. The summed E-state index contributed by atoms with van der Waals surface area (Å²) in [6.07, 6.45) is 3.75. The Kier molecular flexibility index (Phi) is 6.37. The van der Waals surface area contributed by atoms with Crippen molar-refractivity contribution in [2.45, 2.75) is 39.2 Å². The largest absolute Gasteiger partial charge is 0.481 e. The van der Waals surface area contributed by atoms with Gasteiger partial charge in [0.05, 0.1) is 5.92 Å². The second-order valence-electron chi connectivity index (χ2n) is 8.04. The second-order valence-corrected chi connectivity index (χ2v) is 8.04. The molecule has 0 aliphatic carbocycles. The van der Waals surface area contributed by atoms with Crippen LogP contribution >= 0.6 is 0 Å². The lowest BCUT2D eigenvalue weighted by atomic mass is 9.76. The van der Waals surface area contributed by atoms with Gasteiger partial charge in [0.1, 0.15) is 0 Å². The van der Waals surface area contributed by atoms with E-state index in [2.05, 4.69) is 41.4 Å². The van der Waals surface area contributed by atoms with E-state index in [4.69, 9.17) is 5.11 Å². The minimum atomic E-state index is -0.805. The molecule has 3 rings (SSSR count). The van der Waals surface area contributed by atoms with Crippen LogP contribution in [0.25, 0.3) is 0 Å². The van der Waals surface area contributed by atoms with Crippen LogP contribution in [0, 0.1) is 11.3 Å². The molecule has 0 spiro atoms. The predicted octanol–water partition coefficient (Wildman–Crippen LogP) is 2.79. The maximum Gasteiger partial charge on any atom is 0.317 e. The molecule has 1 unspecified atom stereocenters. The maximum absolute atomic E-state index is 12.4. The SMILES string of the molecule is CCC1(CNC(=O)N2CCC(C(=O)O)C2)CCN(Cc2ccccc2)CC1. The topological polar surface area (TPSA) is 72.9 Å². The number of likely N-dealkylation sites (tertiary alicyclic amines) is 2. The maximum atomic E-state index is 12.4. The summed E-state index contributed by atoms with van der Waals surface area (Å²) < 4.78 is 0. The third-order valence-corrected chi connectivity index (χ3v) is 6.36. The van der Waals surface area contributed by atoms with Crippen LogP contribution in [0.1, 0.15) is 38.2 Å². The van der Waals surface area contributed by atoms with Gasteiger partial charge in [-0.2, -0.15) is 0 Å². The summed E-state index contributed by atoms with van der Waals surface area (Å²) in [5.74, 6) is -1.22. The van der Waals surface area contributed by atoms with Gasteiger partial charge < -0.3 is 15.3 Å². The third-order valence-electron chi connectivity index (χ3n) is 6.36. The molecule has 0 bridgehead atoms. The van der Waals surface area contributed by atoms with Crippen LogP contribution in [0.15, 0.2) is 30.3 Å². The third kappa shape index (κ3) is 5.01. The highest BCUT2D eigenvalue weighted by Crippen LogP contribution is 2.34. The van der Waals surface area contributed by atoms with Crippen LogP contribution in [0.5, 0.6) is 0 Å². The fraction of sp³-hybridized carbons (Fsp3) is 0.619. The Morgan fingerprint density at radius 2 is 1.89 bits per heavy atom. The Balaban J connectivity index is 1.46. The van der Waals surface area contributed by atoms with Gasteiger partial charge in [-0.3, -0.25) is 9.69 Å². The van der Waals surface area contributed by atoms with Crippen molar-refractivity contribution in [1.29, 1.82) is 0 Å². The molecule has 0 aromatic heterocycles. The number of aliphatic carboxylic acids is 1. The molecule has 6 nitrogen and oxygen atoms in total. The Hall–Kier alpha value is -2.08. The van der Waals surface area contributed by atoms with Crippen LogP contribution < -0.4 is 5.32 Å². The number of carbonyl (C=O) groups is 2. The molecule has 2 heterocycles. The monoisotopic (exact) mass is 373 g/mol. The van der Waals surface area contributed by atoms with Crippen LogP contribution in [0.3, 0.4) is 0 Å². The molecule has 27 heavy (non-hydrogen) atoms. The number of benzene rings is 1. The molecule has 2 aliphatic heterocycles. The summed E-state index contributed by atoms with van der Waals surface area (Å²) in [4.78, 5) is 27.6. The number of carbonyl (C=O) groups excluding carboxylic acids is 1. The first-order valence-corrected chi connectivity index (χ1v) is 10.0. The van der Waals surface area contributed by atoms with Gasteiger partial charge in [0.25, 0.3) is 0 Å². The summed E-state index contributed by atoms with van der Waals surface area (Å²) in [5.41, 5.74) is 1.49. The van der Waals surface area contributed by atoms with Gasteiger partial charge in [0.15, 0.2) is 0 Å². The van der Waals surface area contributed by atoms with E-state index in [0.717, 1.165) is 38.9 Å². The number of amides is 2. The number of nitrogens with zero attached hydrogens (tertiary/aromatic N) is 2. The smallest absolute Gasteiger partial charge is 0.317 e. The Morgan fingerprint density at radius 3 is 2.48 bits per heavy atom. The normalized spacial score (nSPS) is 22.6. The molecule has 2 fully saturated rings. The zero-order valence-corrected chi connectivity index (χ0v) is 16.2. The zero-order valence-electron chi connectivity index (χ0n) is 16.2. The van der Waals surface area contributed by atoms with Crippen LogP contribution in [0.2, 0.25) is 0 Å². The van der Waals surface area contributed by atoms with Crippen molar-refractivity contribution in [1.82, 2.24) is 15.1 Å². The average Bonchev–Trinajstić information content (AvgIpc) is 3.19. The number of carboxylic acids is 1. The van der Waals surface area contributed by atoms with Crippen LogP contribution in [-0.2, 0) is 11.3 Å².